The van der Waals surface area contributed by atoms with Crippen molar-refractivity contribution < 1.29 is 27.3 Å². The minimum atomic E-state index is -3.25. The van der Waals surface area contributed by atoms with Gasteiger partial charge < -0.3 is 5.11 Å². The Balaban J connectivity index is 3.22. The number of carboxylic acid groups (broad SMARTS) is 1. The van der Waals surface area contributed by atoms with Gasteiger partial charge in [0.25, 0.3) is 0 Å². The summed E-state index contributed by atoms with van der Waals surface area (Å²) in [6, 6.07) is 2.24. The molecule has 1 unspecified atom stereocenters. The van der Waals surface area contributed by atoms with Gasteiger partial charge in [-0.2, -0.15) is 8.78 Å². The fourth-order valence-electron chi connectivity index (χ4n) is 0.887. The largest absolute Gasteiger partial charge is 0.478 e. The number of rotatable bonds is 3. The minimum absolute atomic E-state index is 0.389. The van der Waals surface area contributed by atoms with Crippen molar-refractivity contribution in [3.05, 3.63) is 29.6 Å². The van der Waals surface area contributed by atoms with E-state index in [-0.39, 0.29) is 5.56 Å². The van der Waals surface area contributed by atoms with Crippen LogP contribution in [0.1, 0.15) is 10.4 Å². The first-order valence-corrected chi connectivity index (χ1v) is 4.86. The van der Waals surface area contributed by atoms with Crippen LogP contribution in [0.25, 0.3) is 0 Å². The number of alkyl halides is 2. The van der Waals surface area contributed by atoms with Crippen LogP contribution in [0.3, 0.4) is 0 Å². The first kappa shape index (κ1) is 11.7. The van der Waals surface area contributed by atoms with Crippen LogP contribution in [0.5, 0.6) is 0 Å². The molecule has 0 bridgehead atoms. The van der Waals surface area contributed by atoms with Crippen LogP contribution in [0.4, 0.5) is 13.2 Å². The molecule has 1 aromatic rings. The van der Waals surface area contributed by atoms with E-state index in [1.165, 1.54) is 0 Å². The first-order valence-electron chi connectivity index (χ1n) is 3.65. The number of hydrogen-bond acceptors (Lipinski definition) is 2. The van der Waals surface area contributed by atoms with Crippen LogP contribution in [0.15, 0.2) is 23.1 Å². The molecule has 0 spiro atoms. The van der Waals surface area contributed by atoms with Crippen LogP contribution >= 0.6 is 0 Å². The Morgan fingerprint density at radius 1 is 1.40 bits per heavy atom. The van der Waals surface area contributed by atoms with E-state index in [0.29, 0.717) is 12.1 Å². The summed E-state index contributed by atoms with van der Waals surface area (Å²) in [5, 5.41) is 8.51. The lowest BCUT2D eigenvalue weighted by Gasteiger charge is -2.03. The molecule has 3 nitrogen and oxygen atoms in total. The Bertz CT molecular complexity index is 420. The van der Waals surface area contributed by atoms with Gasteiger partial charge in [-0.25, -0.2) is 13.4 Å². The SMILES string of the molecule is O=C(O)c1ccc(F)c(S(=O)C(F)F)c1. The van der Waals surface area contributed by atoms with Crippen molar-refractivity contribution in [3.8, 4) is 0 Å². The molecule has 0 aliphatic carbocycles. The average Bonchev–Trinajstić information content (AvgIpc) is 2.16. The van der Waals surface area contributed by atoms with Gasteiger partial charge in [-0.05, 0) is 18.2 Å². The molecule has 82 valence electrons. The quantitative estimate of drug-likeness (QED) is 0.874. The van der Waals surface area contributed by atoms with Gasteiger partial charge in [-0.15, -0.1) is 0 Å². The molecular formula is C8H5F3O3S. The third-order valence-electron chi connectivity index (χ3n) is 1.56. The standard InChI is InChI=1S/C8H5F3O3S/c9-5-2-1-4(7(12)13)3-6(5)15(14)8(10)11/h1-3,8H,(H,12,13). The van der Waals surface area contributed by atoms with E-state index in [4.69, 9.17) is 5.11 Å². The number of hydrogen-bond donors (Lipinski definition) is 1. The lowest BCUT2D eigenvalue weighted by molar-refractivity contribution is 0.0696. The van der Waals surface area contributed by atoms with Gasteiger partial charge in [-0.1, -0.05) is 0 Å². The van der Waals surface area contributed by atoms with Crippen molar-refractivity contribution in [2.75, 3.05) is 0 Å². The van der Waals surface area contributed by atoms with Gasteiger partial charge in [0.05, 0.1) is 10.5 Å². The fraction of sp³-hybridized carbons (Fsp3) is 0.125. The molecular weight excluding hydrogens is 233 g/mol. The molecule has 0 aliphatic heterocycles. The van der Waals surface area contributed by atoms with Crippen LogP contribution in [-0.4, -0.2) is 21.0 Å². The van der Waals surface area contributed by atoms with Crippen LogP contribution in [-0.2, 0) is 10.8 Å². The predicted octanol–water partition coefficient (Wildman–Crippen LogP) is 1.85. The average molecular weight is 238 g/mol. The fourth-order valence-corrected chi connectivity index (χ4v) is 1.58. The number of halogens is 3. The van der Waals surface area contributed by atoms with E-state index in [1.807, 2.05) is 0 Å². The Morgan fingerprint density at radius 2 is 2.00 bits per heavy atom. The van der Waals surface area contributed by atoms with Crippen molar-refractivity contribution in [2.24, 2.45) is 0 Å². The smallest absolute Gasteiger partial charge is 0.335 e. The lowest BCUT2D eigenvalue weighted by atomic mass is 10.2. The normalized spacial score (nSPS) is 12.8. The number of benzene rings is 1. The van der Waals surface area contributed by atoms with Crippen molar-refractivity contribution in [3.63, 3.8) is 0 Å². The minimum Gasteiger partial charge on any atom is -0.478 e. The second-order valence-electron chi connectivity index (χ2n) is 2.51. The summed E-state index contributed by atoms with van der Waals surface area (Å²) in [6.45, 7) is 0. The third kappa shape index (κ3) is 2.56. The Morgan fingerprint density at radius 3 is 2.47 bits per heavy atom. The Kier molecular flexibility index (Phi) is 3.46. The monoisotopic (exact) mass is 238 g/mol. The van der Waals surface area contributed by atoms with Gasteiger partial charge in [-0.3, -0.25) is 0 Å². The molecule has 0 saturated heterocycles. The molecule has 1 aromatic carbocycles. The van der Waals surface area contributed by atoms with Gasteiger partial charge in [0.2, 0.25) is 0 Å². The molecule has 1 rings (SSSR count). The number of carbonyl (C=O) groups is 1. The maximum Gasteiger partial charge on any atom is 0.335 e. The summed E-state index contributed by atoms with van der Waals surface area (Å²) in [7, 11) is -2.85. The summed E-state index contributed by atoms with van der Waals surface area (Å²) < 4.78 is 47.8. The molecule has 0 aliphatic rings. The van der Waals surface area contributed by atoms with Gasteiger partial charge in [0, 0.05) is 0 Å². The zero-order chi connectivity index (χ0) is 11.6. The summed E-state index contributed by atoms with van der Waals surface area (Å²) in [5.74, 6) is -5.76. The summed E-state index contributed by atoms with van der Waals surface area (Å²) in [6.07, 6.45) is 0. The highest BCUT2D eigenvalue weighted by Crippen LogP contribution is 2.19. The van der Waals surface area contributed by atoms with E-state index in [1.54, 1.807) is 0 Å². The highest BCUT2D eigenvalue weighted by atomic mass is 32.2. The molecule has 0 saturated carbocycles. The van der Waals surface area contributed by atoms with Crippen LogP contribution in [0, 0.1) is 5.82 Å². The molecule has 1 N–H and O–H groups in total. The summed E-state index contributed by atoms with van der Waals surface area (Å²) in [4.78, 5) is 9.65. The van der Waals surface area contributed by atoms with Gasteiger partial charge >= 0.3 is 11.7 Å². The second kappa shape index (κ2) is 4.43. The molecule has 0 radical (unpaired) electrons. The molecule has 15 heavy (non-hydrogen) atoms. The van der Waals surface area contributed by atoms with E-state index in [0.717, 1.165) is 6.07 Å². The van der Waals surface area contributed by atoms with Crippen LogP contribution in [0.2, 0.25) is 0 Å². The lowest BCUT2D eigenvalue weighted by Crippen LogP contribution is -2.07. The number of aromatic carboxylic acids is 1. The predicted molar refractivity (Wildman–Crippen MR) is 45.8 cm³/mol. The highest BCUT2D eigenvalue weighted by Gasteiger charge is 2.20. The molecule has 0 aromatic heterocycles. The van der Waals surface area contributed by atoms with E-state index in [9.17, 15) is 22.2 Å². The maximum absolute atomic E-state index is 12.9. The molecule has 0 fully saturated rings. The maximum atomic E-state index is 12.9. The van der Waals surface area contributed by atoms with E-state index >= 15 is 0 Å². The molecule has 0 amide bonds. The van der Waals surface area contributed by atoms with Crippen molar-refractivity contribution in [1.29, 1.82) is 0 Å². The molecule has 7 heteroatoms. The second-order valence-corrected chi connectivity index (χ2v) is 3.90. The van der Waals surface area contributed by atoms with Gasteiger partial charge in [0.1, 0.15) is 16.6 Å². The van der Waals surface area contributed by atoms with Crippen LogP contribution < -0.4 is 0 Å². The van der Waals surface area contributed by atoms with Crippen molar-refractivity contribution in [2.45, 2.75) is 10.7 Å². The third-order valence-corrected chi connectivity index (χ3v) is 2.63. The Labute approximate surface area is 85.0 Å². The molecule has 0 heterocycles. The zero-order valence-electron chi connectivity index (χ0n) is 7.12. The van der Waals surface area contributed by atoms with Crippen molar-refractivity contribution >= 4 is 16.8 Å². The Hall–Kier alpha value is -1.37. The van der Waals surface area contributed by atoms with E-state index in [2.05, 4.69) is 0 Å². The van der Waals surface area contributed by atoms with E-state index < -0.39 is 33.2 Å². The summed E-state index contributed by atoms with van der Waals surface area (Å²) in [5.41, 5.74) is -0.389. The first-order chi connectivity index (χ1) is 6.93. The summed E-state index contributed by atoms with van der Waals surface area (Å²) >= 11 is 0. The number of carboxylic acids is 1. The van der Waals surface area contributed by atoms with Crippen molar-refractivity contribution in [1.82, 2.24) is 0 Å². The topological polar surface area (TPSA) is 54.4 Å². The highest BCUT2D eigenvalue weighted by molar-refractivity contribution is 7.85. The zero-order valence-corrected chi connectivity index (χ0v) is 7.93. The van der Waals surface area contributed by atoms with Gasteiger partial charge in [0.15, 0.2) is 0 Å². The molecule has 1 atom stereocenters.